The molecule has 26 heavy (non-hydrogen) atoms. The predicted octanol–water partition coefficient (Wildman–Crippen LogP) is 2.68. The van der Waals surface area contributed by atoms with E-state index in [0.29, 0.717) is 6.61 Å². The van der Waals surface area contributed by atoms with Crippen LogP contribution in [0.2, 0.25) is 0 Å². The lowest BCUT2D eigenvalue weighted by Gasteiger charge is -2.13. The topological polar surface area (TPSA) is 63.5 Å². The Morgan fingerprint density at radius 1 is 1.15 bits per heavy atom. The first-order chi connectivity index (χ1) is 12.7. The molecule has 0 unspecified atom stereocenters. The number of ether oxygens (including phenoxy) is 1. The Morgan fingerprint density at radius 2 is 1.92 bits per heavy atom. The van der Waals surface area contributed by atoms with E-state index in [1.807, 2.05) is 42.1 Å². The van der Waals surface area contributed by atoms with Crippen molar-refractivity contribution in [2.45, 2.75) is 39.7 Å². The van der Waals surface area contributed by atoms with Crippen molar-refractivity contribution in [1.29, 1.82) is 0 Å². The van der Waals surface area contributed by atoms with Crippen LogP contribution in [-0.2, 0) is 26.4 Å². The van der Waals surface area contributed by atoms with Crippen molar-refractivity contribution in [3.05, 3.63) is 47.3 Å². The lowest BCUT2D eigenvalue weighted by atomic mass is 10.1. The Kier molecular flexibility index (Phi) is 7.99. The van der Waals surface area contributed by atoms with Gasteiger partial charge in [-0.1, -0.05) is 32.0 Å². The van der Waals surface area contributed by atoms with Gasteiger partial charge in [0.1, 0.15) is 5.75 Å². The van der Waals surface area contributed by atoms with E-state index in [0.717, 1.165) is 49.8 Å². The highest BCUT2D eigenvalue weighted by Gasteiger charge is 2.13. The number of aryl methyl sites for hydroxylation is 2. The molecule has 142 valence electrons. The molecule has 2 N–H and O–H groups in total. The SMILES string of the molecule is CCc1nn(C)c(CC)c1CNC(=NC)NCCCOc1ccccc1. The van der Waals surface area contributed by atoms with Crippen LogP contribution < -0.4 is 15.4 Å². The van der Waals surface area contributed by atoms with Gasteiger partial charge >= 0.3 is 0 Å². The van der Waals surface area contributed by atoms with Crippen molar-refractivity contribution in [3.63, 3.8) is 0 Å². The molecule has 0 saturated carbocycles. The largest absolute Gasteiger partial charge is 0.494 e. The number of hydrogen-bond acceptors (Lipinski definition) is 3. The molecule has 0 atom stereocenters. The highest BCUT2D eigenvalue weighted by Crippen LogP contribution is 2.15. The van der Waals surface area contributed by atoms with E-state index >= 15 is 0 Å². The molecular formula is C20H31N5O. The number of aromatic nitrogens is 2. The molecular weight excluding hydrogens is 326 g/mol. The lowest BCUT2D eigenvalue weighted by Crippen LogP contribution is -2.38. The van der Waals surface area contributed by atoms with E-state index in [1.165, 1.54) is 11.3 Å². The molecule has 0 aliphatic carbocycles. The second-order valence-electron chi connectivity index (χ2n) is 6.07. The van der Waals surface area contributed by atoms with E-state index in [1.54, 1.807) is 7.05 Å². The highest BCUT2D eigenvalue weighted by atomic mass is 16.5. The first kappa shape index (κ1) is 19.8. The zero-order chi connectivity index (χ0) is 18.8. The quantitative estimate of drug-likeness (QED) is 0.411. The van der Waals surface area contributed by atoms with Gasteiger partial charge in [-0.3, -0.25) is 9.67 Å². The summed E-state index contributed by atoms with van der Waals surface area (Å²) < 4.78 is 7.70. The van der Waals surface area contributed by atoms with Gasteiger partial charge in [0, 0.05) is 38.4 Å². The summed E-state index contributed by atoms with van der Waals surface area (Å²) >= 11 is 0. The Labute approximate surface area is 156 Å². The van der Waals surface area contributed by atoms with Crippen LogP contribution >= 0.6 is 0 Å². The van der Waals surface area contributed by atoms with Crippen molar-refractivity contribution in [2.24, 2.45) is 12.0 Å². The number of rotatable bonds is 9. The number of nitrogens with zero attached hydrogens (tertiary/aromatic N) is 3. The molecule has 6 heteroatoms. The van der Waals surface area contributed by atoms with Gasteiger partial charge in [-0.05, 0) is 31.4 Å². The molecule has 0 aliphatic rings. The second-order valence-corrected chi connectivity index (χ2v) is 6.07. The van der Waals surface area contributed by atoms with Crippen LogP contribution in [0.5, 0.6) is 5.75 Å². The third-order valence-electron chi connectivity index (χ3n) is 4.31. The Bertz CT molecular complexity index is 694. The van der Waals surface area contributed by atoms with E-state index in [4.69, 9.17) is 4.74 Å². The van der Waals surface area contributed by atoms with E-state index in [9.17, 15) is 0 Å². The molecule has 1 aromatic heterocycles. The number of benzene rings is 1. The van der Waals surface area contributed by atoms with Gasteiger partial charge in [-0.15, -0.1) is 0 Å². The summed E-state index contributed by atoms with van der Waals surface area (Å²) in [6.45, 7) is 6.53. The number of guanidine groups is 1. The molecule has 1 aromatic carbocycles. The summed E-state index contributed by atoms with van der Waals surface area (Å²) in [6, 6.07) is 9.89. The van der Waals surface area contributed by atoms with Crippen LogP contribution in [0.1, 0.15) is 37.2 Å². The minimum atomic E-state index is 0.677. The maximum atomic E-state index is 5.70. The Morgan fingerprint density at radius 3 is 2.58 bits per heavy atom. The zero-order valence-electron chi connectivity index (χ0n) is 16.4. The summed E-state index contributed by atoms with van der Waals surface area (Å²) in [5.41, 5.74) is 3.72. The Balaban J connectivity index is 1.76. The smallest absolute Gasteiger partial charge is 0.191 e. The van der Waals surface area contributed by atoms with Gasteiger partial charge in [0.15, 0.2) is 5.96 Å². The maximum Gasteiger partial charge on any atom is 0.191 e. The van der Waals surface area contributed by atoms with E-state index in [2.05, 4.69) is 34.6 Å². The van der Waals surface area contributed by atoms with Crippen molar-refractivity contribution in [1.82, 2.24) is 20.4 Å². The molecule has 0 saturated heterocycles. The molecule has 0 fully saturated rings. The van der Waals surface area contributed by atoms with Gasteiger partial charge in [0.2, 0.25) is 0 Å². The molecule has 0 spiro atoms. The standard InChI is InChI=1S/C20H31N5O/c1-5-18-17(19(6-2)25(4)24-18)15-23-20(21-3)22-13-10-14-26-16-11-8-7-9-12-16/h7-9,11-12H,5-6,10,13-15H2,1-4H3,(H2,21,22,23). The van der Waals surface area contributed by atoms with Crippen LogP contribution in [0.4, 0.5) is 0 Å². The zero-order valence-corrected chi connectivity index (χ0v) is 16.4. The summed E-state index contributed by atoms with van der Waals surface area (Å²) in [7, 11) is 3.81. The number of aliphatic imine (C=N–C) groups is 1. The fourth-order valence-corrected chi connectivity index (χ4v) is 2.97. The minimum Gasteiger partial charge on any atom is -0.494 e. The summed E-state index contributed by atoms with van der Waals surface area (Å²) in [4.78, 5) is 4.30. The third-order valence-corrected chi connectivity index (χ3v) is 4.31. The van der Waals surface area contributed by atoms with Gasteiger partial charge in [0.05, 0.1) is 12.3 Å². The molecule has 0 amide bonds. The molecule has 2 aromatic rings. The minimum absolute atomic E-state index is 0.677. The Hall–Kier alpha value is -2.50. The van der Waals surface area contributed by atoms with E-state index < -0.39 is 0 Å². The number of para-hydroxylation sites is 1. The van der Waals surface area contributed by atoms with Crippen molar-refractivity contribution in [3.8, 4) is 5.75 Å². The molecule has 1 heterocycles. The van der Waals surface area contributed by atoms with Crippen LogP contribution in [-0.4, -0.2) is 35.9 Å². The van der Waals surface area contributed by atoms with Crippen molar-refractivity contribution < 1.29 is 4.74 Å². The van der Waals surface area contributed by atoms with E-state index in [-0.39, 0.29) is 0 Å². The van der Waals surface area contributed by atoms with Crippen LogP contribution in [0, 0.1) is 0 Å². The average Bonchev–Trinajstić information content (AvgIpc) is 2.99. The first-order valence-corrected chi connectivity index (χ1v) is 9.35. The molecule has 2 rings (SSSR count). The number of hydrogen-bond donors (Lipinski definition) is 2. The molecule has 0 bridgehead atoms. The fourth-order valence-electron chi connectivity index (χ4n) is 2.97. The van der Waals surface area contributed by atoms with Crippen LogP contribution in [0.3, 0.4) is 0 Å². The van der Waals surface area contributed by atoms with Crippen molar-refractivity contribution in [2.75, 3.05) is 20.2 Å². The molecule has 0 radical (unpaired) electrons. The lowest BCUT2D eigenvalue weighted by molar-refractivity contribution is 0.311. The summed E-state index contributed by atoms with van der Waals surface area (Å²) in [5.74, 6) is 1.71. The highest BCUT2D eigenvalue weighted by molar-refractivity contribution is 5.79. The maximum absolute atomic E-state index is 5.70. The van der Waals surface area contributed by atoms with Gasteiger partial charge < -0.3 is 15.4 Å². The first-order valence-electron chi connectivity index (χ1n) is 9.35. The predicted molar refractivity (Wildman–Crippen MR) is 107 cm³/mol. The van der Waals surface area contributed by atoms with Crippen LogP contribution in [0.15, 0.2) is 35.3 Å². The van der Waals surface area contributed by atoms with Crippen molar-refractivity contribution >= 4 is 5.96 Å². The summed E-state index contributed by atoms with van der Waals surface area (Å²) in [5, 5.41) is 11.4. The van der Waals surface area contributed by atoms with Gasteiger partial charge in [0.25, 0.3) is 0 Å². The normalized spacial score (nSPS) is 11.5. The third kappa shape index (κ3) is 5.51. The monoisotopic (exact) mass is 357 g/mol. The molecule has 0 aliphatic heterocycles. The second kappa shape index (κ2) is 10.5. The number of nitrogens with one attached hydrogen (secondary N) is 2. The van der Waals surface area contributed by atoms with Gasteiger partial charge in [-0.2, -0.15) is 5.10 Å². The summed E-state index contributed by atoms with van der Waals surface area (Å²) in [6.07, 6.45) is 2.82. The van der Waals surface area contributed by atoms with Gasteiger partial charge in [-0.25, -0.2) is 0 Å². The molecule has 6 nitrogen and oxygen atoms in total. The average molecular weight is 358 g/mol. The fraction of sp³-hybridized carbons (Fsp3) is 0.500. The van der Waals surface area contributed by atoms with Crippen LogP contribution in [0.25, 0.3) is 0 Å².